The Labute approximate surface area is 117 Å². The van der Waals surface area contributed by atoms with Gasteiger partial charge in [-0.3, -0.25) is 4.98 Å². The molecule has 0 aliphatic carbocycles. The van der Waals surface area contributed by atoms with Gasteiger partial charge in [0.25, 0.3) is 0 Å². The number of halogens is 2. The maximum absolute atomic E-state index is 13.1. The SMILES string of the molecule is Cc1cc(Oc2ccc(F)c(Br)c2)c(C(=O)O)cn1. The van der Waals surface area contributed by atoms with Crippen LogP contribution in [0.1, 0.15) is 16.1 Å². The largest absolute Gasteiger partial charge is 0.477 e. The molecule has 0 amide bonds. The molecular weight excluding hydrogens is 317 g/mol. The number of hydrogen-bond acceptors (Lipinski definition) is 3. The standard InChI is InChI=1S/C13H9BrFNO3/c1-7-4-12(9(6-16-7)13(17)18)19-8-2-3-11(15)10(14)5-8/h2-6H,1H3,(H,17,18). The van der Waals surface area contributed by atoms with Crippen LogP contribution in [0.15, 0.2) is 34.9 Å². The number of carboxylic acid groups (broad SMARTS) is 1. The van der Waals surface area contributed by atoms with E-state index < -0.39 is 11.8 Å². The lowest BCUT2D eigenvalue weighted by molar-refractivity contribution is 0.0693. The Hall–Kier alpha value is -1.95. The first-order chi connectivity index (χ1) is 8.97. The number of aromatic nitrogens is 1. The molecule has 0 spiro atoms. The zero-order chi connectivity index (χ0) is 14.0. The van der Waals surface area contributed by atoms with Gasteiger partial charge in [-0.1, -0.05) is 0 Å². The van der Waals surface area contributed by atoms with Crippen molar-refractivity contribution in [1.82, 2.24) is 4.98 Å². The first-order valence-electron chi connectivity index (χ1n) is 5.30. The molecule has 0 aliphatic heterocycles. The molecule has 1 aromatic heterocycles. The highest BCUT2D eigenvalue weighted by Crippen LogP contribution is 2.28. The van der Waals surface area contributed by atoms with Crippen LogP contribution in [0, 0.1) is 12.7 Å². The van der Waals surface area contributed by atoms with Crippen LogP contribution in [-0.2, 0) is 0 Å². The highest BCUT2D eigenvalue weighted by molar-refractivity contribution is 9.10. The van der Waals surface area contributed by atoms with E-state index >= 15 is 0 Å². The smallest absolute Gasteiger partial charge is 0.341 e. The van der Waals surface area contributed by atoms with Crippen LogP contribution in [0.3, 0.4) is 0 Å². The van der Waals surface area contributed by atoms with Crippen molar-refractivity contribution in [3.8, 4) is 11.5 Å². The van der Waals surface area contributed by atoms with Crippen LogP contribution in [-0.4, -0.2) is 16.1 Å². The van der Waals surface area contributed by atoms with Gasteiger partial charge in [0, 0.05) is 18.0 Å². The number of hydrogen-bond donors (Lipinski definition) is 1. The molecule has 0 saturated carbocycles. The topological polar surface area (TPSA) is 59.4 Å². The number of aromatic carboxylic acids is 1. The van der Waals surface area contributed by atoms with Crippen LogP contribution in [0.2, 0.25) is 0 Å². The van der Waals surface area contributed by atoms with Crippen molar-refractivity contribution in [3.05, 3.63) is 52.0 Å². The minimum Gasteiger partial charge on any atom is -0.477 e. The van der Waals surface area contributed by atoms with E-state index in [9.17, 15) is 9.18 Å². The number of nitrogens with zero attached hydrogens (tertiary/aromatic N) is 1. The molecule has 0 atom stereocenters. The van der Waals surface area contributed by atoms with Crippen LogP contribution in [0.25, 0.3) is 0 Å². The van der Waals surface area contributed by atoms with Crippen LogP contribution >= 0.6 is 15.9 Å². The quantitative estimate of drug-likeness (QED) is 0.932. The molecule has 0 unspecified atom stereocenters. The average Bonchev–Trinajstić information content (AvgIpc) is 2.33. The molecule has 0 radical (unpaired) electrons. The Morgan fingerprint density at radius 3 is 2.79 bits per heavy atom. The summed E-state index contributed by atoms with van der Waals surface area (Å²) in [5.41, 5.74) is 0.576. The molecule has 0 aliphatic rings. The molecule has 6 heteroatoms. The molecule has 1 heterocycles. The Bertz CT molecular complexity index is 646. The lowest BCUT2D eigenvalue weighted by Crippen LogP contribution is -2.02. The number of carboxylic acids is 1. The lowest BCUT2D eigenvalue weighted by Gasteiger charge is -2.09. The predicted molar refractivity (Wildman–Crippen MR) is 70.1 cm³/mol. The molecule has 2 aromatic rings. The number of pyridine rings is 1. The maximum Gasteiger partial charge on any atom is 0.341 e. The van der Waals surface area contributed by atoms with Gasteiger partial charge in [0.2, 0.25) is 0 Å². The van der Waals surface area contributed by atoms with E-state index in [-0.39, 0.29) is 15.8 Å². The number of rotatable bonds is 3. The van der Waals surface area contributed by atoms with E-state index in [4.69, 9.17) is 9.84 Å². The highest BCUT2D eigenvalue weighted by atomic mass is 79.9. The fraction of sp³-hybridized carbons (Fsp3) is 0.0769. The van der Waals surface area contributed by atoms with Crippen molar-refractivity contribution in [3.63, 3.8) is 0 Å². The van der Waals surface area contributed by atoms with Gasteiger partial charge in [0.1, 0.15) is 22.9 Å². The van der Waals surface area contributed by atoms with Gasteiger partial charge in [-0.05, 0) is 41.1 Å². The van der Waals surface area contributed by atoms with Crippen molar-refractivity contribution in [2.24, 2.45) is 0 Å². The third-order valence-electron chi connectivity index (χ3n) is 2.35. The summed E-state index contributed by atoms with van der Waals surface area (Å²) in [5, 5.41) is 9.04. The van der Waals surface area contributed by atoms with Gasteiger partial charge >= 0.3 is 5.97 Å². The zero-order valence-electron chi connectivity index (χ0n) is 9.85. The predicted octanol–water partition coefficient (Wildman–Crippen LogP) is 3.78. The summed E-state index contributed by atoms with van der Waals surface area (Å²) >= 11 is 3.04. The van der Waals surface area contributed by atoms with Gasteiger partial charge in [-0.25, -0.2) is 9.18 Å². The summed E-state index contributed by atoms with van der Waals surface area (Å²) in [5.74, 6) is -1.06. The van der Waals surface area contributed by atoms with E-state index in [0.29, 0.717) is 11.4 Å². The minimum atomic E-state index is -1.14. The van der Waals surface area contributed by atoms with Crippen LogP contribution in [0.4, 0.5) is 4.39 Å². The Morgan fingerprint density at radius 2 is 2.16 bits per heavy atom. The second kappa shape index (κ2) is 5.36. The molecule has 19 heavy (non-hydrogen) atoms. The maximum atomic E-state index is 13.1. The van der Waals surface area contributed by atoms with Gasteiger partial charge < -0.3 is 9.84 Å². The Kier molecular flexibility index (Phi) is 3.80. The van der Waals surface area contributed by atoms with E-state index in [0.717, 1.165) is 0 Å². The molecule has 2 rings (SSSR count). The molecule has 98 valence electrons. The number of carbonyl (C=O) groups is 1. The fourth-order valence-electron chi connectivity index (χ4n) is 1.45. The molecule has 1 aromatic carbocycles. The Balaban J connectivity index is 2.39. The number of ether oxygens (including phenoxy) is 1. The normalized spacial score (nSPS) is 10.3. The van der Waals surface area contributed by atoms with Gasteiger partial charge in [0.15, 0.2) is 0 Å². The molecule has 0 bridgehead atoms. The zero-order valence-corrected chi connectivity index (χ0v) is 11.4. The summed E-state index contributed by atoms with van der Waals surface area (Å²) in [4.78, 5) is 15.0. The van der Waals surface area contributed by atoms with Crippen molar-refractivity contribution in [2.45, 2.75) is 6.92 Å². The first-order valence-corrected chi connectivity index (χ1v) is 6.09. The molecule has 4 nitrogen and oxygen atoms in total. The van der Waals surface area contributed by atoms with Crippen molar-refractivity contribution >= 4 is 21.9 Å². The monoisotopic (exact) mass is 325 g/mol. The van der Waals surface area contributed by atoms with Crippen molar-refractivity contribution in [2.75, 3.05) is 0 Å². The molecule has 0 fully saturated rings. The summed E-state index contributed by atoms with van der Waals surface area (Å²) < 4.78 is 18.8. The third kappa shape index (κ3) is 3.08. The molecule has 1 N–H and O–H groups in total. The third-order valence-corrected chi connectivity index (χ3v) is 2.96. The summed E-state index contributed by atoms with van der Waals surface area (Å²) in [6, 6.07) is 5.59. The van der Waals surface area contributed by atoms with Crippen LogP contribution in [0.5, 0.6) is 11.5 Å². The molecule has 0 saturated heterocycles. The van der Waals surface area contributed by atoms with Crippen LogP contribution < -0.4 is 4.74 Å². The van der Waals surface area contributed by atoms with E-state index in [1.54, 1.807) is 6.92 Å². The number of benzene rings is 1. The summed E-state index contributed by atoms with van der Waals surface area (Å²) in [6.45, 7) is 1.72. The highest BCUT2D eigenvalue weighted by Gasteiger charge is 2.13. The van der Waals surface area contributed by atoms with Crippen molar-refractivity contribution in [1.29, 1.82) is 0 Å². The second-order valence-corrected chi connectivity index (χ2v) is 4.66. The van der Waals surface area contributed by atoms with Gasteiger partial charge in [-0.2, -0.15) is 0 Å². The lowest BCUT2D eigenvalue weighted by atomic mass is 10.2. The van der Waals surface area contributed by atoms with E-state index in [1.165, 1.54) is 30.5 Å². The van der Waals surface area contributed by atoms with E-state index in [1.807, 2.05) is 0 Å². The average molecular weight is 326 g/mol. The van der Waals surface area contributed by atoms with Gasteiger partial charge in [-0.15, -0.1) is 0 Å². The molecular formula is C13H9BrFNO3. The van der Waals surface area contributed by atoms with Gasteiger partial charge in [0.05, 0.1) is 4.47 Å². The number of aryl methyl sites for hydroxylation is 1. The second-order valence-electron chi connectivity index (χ2n) is 3.80. The summed E-state index contributed by atoms with van der Waals surface area (Å²) in [7, 11) is 0. The van der Waals surface area contributed by atoms with E-state index in [2.05, 4.69) is 20.9 Å². The van der Waals surface area contributed by atoms with Crippen molar-refractivity contribution < 1.29 is 19.0 Å². The minimum absolute atomic E-state index is 0.0500. The fourth-order valence-corrected chi connectivity index (χ4v) is 1.80. The first kappa shape index (κ1) is 13.5. The summed E-state index contributed by atoms with van der Waals surface area (Å²) in [6.07, 6.45) is 1.23. The Morgan fingerprint density at radius 1 is 1.42 bits per heavy atom.